The minimum absolute atomic E-state index is 0.0467. The van der Waals surface area contributed by atoms with Gasteiger partial charge in [-0.25, -0.2) is 4.39 Å². The highest BCUT2D eigenvalue weighted by Gasteiger charge is 2.31. The molecule has 0 aromatic heterocycles. The summed E-state index contributed by atoms with van der Waals surface area (Å²) in [6.45, 7) is 1.75. The number of carbonyl (C=O) groups excluding carboxylic acids is 1. The molecule has 2 aliphatic rings. The van der Waals surface area contributed by atoms with Crippen LogP contribution in [0.2, 0.25) is 0 Å². The van der Waals surface area contributed by atoms with E-state index >= 15 is 0 Å². The summed E-state index contributed by atoms with van der Waals surface area (Å²) in [4.78, 5) is 11.3. The van der Waals surface area contributed by atoms with E-state index in [2.05, 4.69) is 18.5 Å². The molecular weight excluding hydrogens is 330 g/mol. The van der Waals surface area contributed by atoms with Gasteiger partial charge in [0.2, 0.25) is 0 Å². The quantitative estimate of drug-likeness (QED) is 0.617. The van der Waals surface area contributed by atoms with Gasteiger partial charge in [-0.05, 0) is 55.0 Å². The van der Waals surface area contributed by atoms with Gasteiger partial charge in [0, 0.05) is 17.5 Å². The molecule has 0 saturated carbocycles. The molecule has 1 atom stereocenters. The Morgan fingerprint density at radius 2 is 2.27 bits per heavy atom. The second kappa shape index (κ2) is 7.29. The largest absolute Gasteiger partial charge is 0.366 e. The van der Waals surface area contributed by atoms with E-state index in [1.807, 2.05) is 12.1 Å². The van der Waals surface area contributed by atoms with Crippen LogP contribution in [-0.2, 0) is 10.1 Å². The molecular formula is C19H22BFN4O. The van der Waals surface area contributed by atoms with Gasteiger partial charge in [-0.3, -0.25) is 10.2 Å². The van der Waals surface area contributed by atoms with Crippen molar-refractivity contribution in [3.63, 3.8) is 0 Å². The van der Waals surface area contributed by atoms with Gasteiger partial charge in [0.25, 0.3) is 5.91 Å². The number of amides is 1. The van der Waals surface area contributed by atoms with Crippen molar-refractivity contribution in [1.29, 1.82) is 5.41 Å². The molecule has 1 aromatic rings. The number of halogens is 1. The summed E-state index contributed by atoms with van der Waals surface area (Å²) < 4.78 is 14.7. The number of nitrogens with two attached hydrogens (primary N) is 1. The standard InChI is InChI=1S/C19H22BFN4O/c20-19(7-2-8-24-11-19)15-6-5-13(9-16(15)21)25-10-12-3-1-4-14(17(12)22)18(23)26/h1,3-6,9-10,22,24-25H,2,7-8,11,20H2,(H2,23,26)/b12-10-,22-17?. The molecule has 1 aliphatic heterocycles. The van der Waals surface area contributed by atoms with Crippen LogP contribution in [0.1, 0.15) is 18.4 Å². The van der Waals surface area contributed by atoms with Gasteiger partial charge < -0.3 is 16.4 Å². The van der Waals surface area contributed by atoms with Crippen molar-refractivity contribution in [3.05, 3.63) is 65.2 Å². The Balaban J connectivity index is 1.77. The highest BCUT2D eigenvalue weighted by molar-refractivity contribution is 6.28. The Hall–Kier alpha value is -2.67. The molecule has 1 aromatic carbocycles. The predicted molar refractivity (Wildman–Crippen MR) is 105 cm³/mol. The Kier molecular flexibility index (Phi) is 5.09. The van der Waals surface area contributed by atoms with Gasteiger partial charge in [0.05, 0.1) is 11.3 Å². The lowest BCUT2D eigenvalue weighted by Gasteiger charge is -2.35. The van der Waals surface area contributed by atoms with Gasteiger partial charge in [-0.1, -0.05) is 18.2 Å². The van der Waals surface area contributed by atoms with Crippen LogP contribution >= 0.6 is 0 Å². The predicted octanol–water partition coefficient (Wildman–Crippen LogP) is 1.33. The Labute approximate surface area is 153 Å². The van der Waals surface area contributed by atoms with Gasteiger partial charge >= 0.3 is 0 Å². The molecule has 0 spiro atoms. The number of carbonyl (C=O) groups is 1. The fourth-order valence-electron chi connectivity index (χ4n) is 3.44. The number of benzene rings is 1. The van der Waals surface area contributed by atoms with Crippen LogP contribution in [0.25, 0.3) is 0 Å². The smallest absolute Gasteiger partial charge is 0.250 e. The maximum absolute atomic E-state index is 14.7. The second-order valence-corrected chi connectivity index (χ2v) is 6.96. The van der Waals surface area contributed by atoms with E-state index in [9.17, 15) is 9.18 Å². The zero-order valence-corrected chi connectivity index (χ0v) is 14.7. The van der Waals surface area contributed by atoms with Crippen molar-refractivity contribution in [2.24, 2.45) is 5.73 Å². The zero-order chi connectivity index (χ0) is 18.7. The van der Waals surface area contributed by atoms with E-state index in [0.717, 1.165) is 25.9 Å². The summed E-state index contributed by atoms with van der Waals surface area (Å²) in [6, 6.07) is 5.11. The first-order chi connectivity index (χ1) is 12.4. The highest BCUT2D eigenvalue weighted by Crippen LogP contribution is 2.31. The molecule has 0 bridgehead atoms. The molecule has 1 unspecified atom stereocenters. The molecule has 1 heterocycles. The number of piperidine rings is 1. The molecule has 5 N–H and O–H groups in total. The first-order valence-electron chi connectivity index (χ1n) is 8.66. The third-order valence-corrected chi connectivity index (χ3v) is 4.97. The molecule has 3 rings (SSSR count). The van der Waals surface area contributed by atoms with E-state index in [4.69, 9.17) is 11.1 Å². The highest BCUT2D eigenvalue weighted by atomic mass is 19.1. The molecule has 26 heavy (non-hydrogen) atoms. The minimum Gasteiger partial charge on any atom is -0.366 e. The van der Waals surface area contributed by atoms with Gasteiger partial charge in [0.15, 0.2) is 0 Å². The fraction of sp³-hybridized carbons (Fsp3) is 0.263. The molecule has 7 heteroatoms. The van der Waals surface area contributed by atoms with Crippen molar-refractivity contribution in [2.75, 3.05) is 18.4 Å². The van der Waals surface area contributed by atoms with Crippen LogP contribution in [0.3, 0.4) is 0 Å². The van der Waals surface area contributed by atoms with Crippen molar-refractivity contribution in [1.82, 2.24) is 5.32 Å². The van der Waals surface area contributed by atoms with Crippen molar-refractivity contribution in [2.45, 2.75) is 18.2 Å². The lowest BCUT2D eigenvalue weighted by atomic mass is 9.60. The summed E-state index contributed by atoms with van der Waals surface area (Å²) in [5.41, 5.74) is 7.27. The summed E-state index contributed by atoms with van der Waals surface area (Å²) >= 11 is 0. The minimum atomic E-state index is -0.644. The monoisotopic (exact) mass is 352 g/mol. The van der Waals surface area contributed by atoms with Crippen LogP contribution in [0.15, 0.2) is 53.8 Å². The van der Waals surface area contributed by atoms with Gasteiger partial charge in [-0.2, -0.15) is 0 Å². The fourth-order valence-corrected chi connectivity index (χ4v) is 3.44. The first-order valence-corrected chi connectivity index (χ1v) is 8.66. The second-order valence-electron chi connectivity index (χ2n) is 6.96. The average molecular weight is 352 g/mol. The zero-order valence-electron chi connectivity index (χ0n) is 14.7. The van der Waals surface area contributed by atoms with Gasteiger partial charge in [0.1, 0.15) is 13.7 Å². The number of primary amides is 1. The molecule has 1 fully saturated rings. The summed E-state index contributed by atoms with van der Waals surface area (Å²) in [6.07, 6.45) is 8.43. The normalized spacial score (nSPS) is 24.4. The van der Waals surface area contributed by atoms with Crippen LogP contribution in [0.5, 0.6) is 0 Å². The molecule has 5 nitrogen and oxygen atoms in total. The van der Waals surface area contributed by atoms with E-state index in [1.54, 1.807) is 18.4 Å². The third kappa shape index (κ3) is 3.62. The van der Waals surface area contributed by atoms with Crippen molar-refractivity contribution < 1.29 is 9.18 Å². The van der Waals surface area contributed by atoms with E-state index < -0.39 is 5.91 Å². The maximum Gasteiger partial charge on any atom is 0.250 e. The molecule has 134 valence electrons. The van der Waals surface area contributed by atoms with Crippen LogP contribution in [-0.4, -0.2) is 32.6 Å². The summed E-state index contributed by atoms with van der Waals surface area (Å²) in [7, 11) is 2.08. The molecule has 0 radical (unpaired) electrons. The number of hydrogen-bond acceptors (Lipinski definition) is 4. The van der Waals surface area contributed by atoms with Crippen LogP contribution < -0.4 is 16.4 Å². The van der Waals surface area contributed by atoms with Crippen LogP contribution in [0.4, 0.5) is 10.1 Å². The summed E-state index contributed by atoms with van der Waals surface area (Å²) in [5, 5.41) is 14.2. The number of nitrogens with one attached hydrogen (secondary N) is 3. The average Bonchev–Trinajstić information content (AvgIpc) is 2.61. The molecule has 1 aliphatic carbocycles. The van der Waals surface area contributed by atoms with Gasteiger partial charge in [-0.15, -0.1) is 0 Å². The van der Waals surface area contributed by atoms with Crippen LogP contribution in [0, 0.1) is 11.2 Å². The lowest BCUT2D eigenvalue weighted by Crippen LogP contribution is -2.44. The van der Waals surface area contributed by atoms with E-state index in [1.165, 1.54) is 12.1 Å². The van der Waals surface area contributed by atoms with Crippen molar-refractivity contribution >= 4 is 25.2 Å². The lowest BCUT2D eigenvalue weighted by molar-refractivity contribution is -0.114. The molecule has 1 saturated heterocycles. The number of allylic oxidation sites excluding steroid dienone is 4. The number of anilines is 1. The maximum atomic E-state index is 14.7. The Morgan fingerprint density at radius 3 is 2.92 bits per heavy atom. The van der Waals surface area contributed by atoms with E-state index in [0.29, 0.717) is 16.8 Å². The molecule has 1 amide bonds. The SMILES string of the molecule is BC1(c2ccc(N/C=C3/C=CC=C(C(N)=O)C3=N)cc2F)CCCNC1. The number of rotatable bonds is 4. The Morgan fingerprint density at radius 1 is 1.46 bits per heavy atom. The third-order valence-electron chi connectivity index (χ3n) is 4.97. The summed E-state index contributed by atoms with van der Waals surface area (Å²) in [5.74, 6) is -0.887. The first kappa shape index (κ1) is 18.1. The van der Waals surface area contributed by atoms with Crippen molar-refractivity contribution in [3.8, 4) is 0 Å². The van der Waals surface area contributed by atoms with E-state index in [-0.39, 0.29) is 22.4 Å². The topological polar surface area (TPSA) is 91.0 Å². The number of hydrogen-bond donors (Lipinski definition) is 4. The Bertz CT molecular complexity index is 838.